The van der Waals surface area contributed by atoms with Crippen LogP contribution in [-0.2, 0) is 0 Å². The Labute approximate surface area is 76.3 Å². The Bertz CT molecular complexity index is 359. The molecule has 2 rings (SSSR count). The summed E-state index contributed by atoms with van der Waals surface area (Å²) in [5.41, 5.74) is 0. The third kappa shape index (κ3) is 1.52. The van der Waals surface area contributed by atoms with Crippen molar-refractivity contribution in [1.29, 1.82) is 0 Å². The van der Waals surface area contributed by atoms with Crippen LogP contribution in [0.4, 0.5) is 0 Å². The van der Waals surface area contributed by atoms with Gasteiger partial charge < -0.3 is 0 Å². The van der Waals surface area contributed by atoms with E-state index in [1.165, 1.54) is 0 Å². The Morgan fingerprint density at radius 3 is 2.92 bits per heavy atom. The first-order valence-electron chi connectivity index (χ1n) is 3.95. The van der Waals surface area contributed by atoms with Crippen molar-refractivity contribution in [3.63, 3.8) is 0 Å². The van der Waals surface area contributed by atoms with E-state index in [-0.39, 0.29) is 0 Å². The number of aromatic nitrogens is 2. The van der Waals surface area contributed by atoms with Crippen LogP contribution in [0.5, 0.6) is 0 Å². The molecule has 4 nitrogen and oxygen atoms in total. The molecule has 0 radical (unpaired) electrons. The van der Waals surface area contributed by atoms with Gasteiger partial charge in [0.2, 0.25) is 0 Å². The largest absolute Gasteiger partial charge is 0.291 e. The zero-order valence-electron chi connectivity index (χ0n) is 7.04. The maximum absolute atomic E-state index is 5.76. The van der Waals surface area contributed by atoms with Crippen LogP contribution in [0, 0.1) is 0 Å². The molecule has 0 amide bonds. The lowest BCUT2D eigenvalue weighted by Crippen LogP contribution is -2.25. The molecule has 66 valence electrons. The van der Waals surface area contributed by atoms with Crippen LogP contribution in [0.25, 0.3) is 5.82 Å². The molecule has 0 saturated carbocycles. The minimum Gasteiger partial charge on any atom is -0.291 e. The van der Waals surface area contributed by atoms with Crippen molar-refractivity contribution in [1.82, 2.24) is 14.6 Å². The van der Waals surface area contributed by atoms with E-state index in [4.69, 9.17) is 5.84 Å². The van der Waals surface area contributed by atoms with Crippen molar-refractivity contribution in [3.8, 4) is 0 Å². The second-order valence-electron chi connectivity index (χ2n) is 2.63. The number of imidazole rings is 1. The molecule has 0 spiro atoms. The average Bonchev–Trinajstić information content (AvgIpc) is 2.56. The predicted molar refractivity (Wildman–Crippen MR) is 50.8 cm³/mol. The van der Waals surface area contributed by atoms with Gasteiger partial charge in [0, 0.05) is 18.6 Å². The monoisotopic (exact) mass is 174 g/mol. The number of hydrazine groups is 1. The summed E-state index contributed by atoms with van der Waals surface area (Å²) in [5, 5.41) is 1.54. The smallest absolute Gasteiger partial charge is 0.132 e. The molecule has 0 bridgehead atoms. The van der Waals surface area contributed by atoms with Crippen molar-refractivity contribution in [2.24, 2.45) is 5.84 Å². The Morgan fingerprint density at radius 1 is 1.23 bits per heavy atom. The lowest BCUT2D eigenvalue weighted by Gasteiger charge is -2.16. The fraction of sp³-hybridized carbons (Fsp3) is 0. The lowest BCUT2D eigenvalue weighted by atomic mass is 10.4. The highest BCUT2D eigenvalue weighted by atomic mass is 15.5. The molecular formula is C9H10N4. The second-order valence-corrected chi connectivity index (χ2v) is 2.63. The van der Waals surface area contributed by atoms with E-state index in [0.717, 1.165) is 5.82 Å². The molecule has 0 unspecified atom stereocenters. The van der Waals surface area contributed by atoms with Gasteiger partial charge in [-0.05, 0) is 12.2 Å². The number of hydrogen-bond acceptors (Lipinski definition) is 3. The zero-order chi connectivity index (χ0) is 9.10. The molecule has 1 aromatic rings. The quantitative estimate of drug-likeness (QED) is 0.644. The van der Waals surface area contributed by atoms with E-state index >= 15 is 0 Å². The number of allylic oxidation sites excluding steroid dienone is 4. The van der Waals surface area contributed by atoms with Crippen LogP contribution in [0.2, 0.25) is 0 Å². The summed E-state index contributed by atoms with van der Waals surface area (Å²) in [6.07, 6.45) is 14.7. The highest BCUT2D eigenvalue weighted by molar-refractivity contribution is 5.48. The van der Waals surface area contributed by atoms with E-state index in [1.54, 1.807) is 23.7 Å². The molecule has 0 fully saturated rings. The Kier molecular flexibility index (Phi) is 1.97. The normalized spacial score (nSPS) is 15.8. The van der Waals surface area contributed by atoms with Crippen LogP contribution in [0.3, 0.4) is 0 Å². The molecule has 2 heterocycles. The Balaban J connectivity index is 2.37. The number of nitrogens with two attached hydrogens (primary N) is 1. The van der Waals surface area contributed by atoms with Gasteiger partial charge in [-0.3, -0.25) is 9.58 Å². The van der Waals surface area contributed by atoms with E-state index in [9.17, 15) is 0 Å². The first kappa shape index (κ1) is 7.82. The summed E-state index contributed by atoms with van der Waals surface area (Å²) in [4.78, 5) is 3.95. The highest BCUT2D eigenvalue weighted by Crippen LogP contribution is 2.09. The van der Waals surface area contributed by atoms with Gasteiger partial charge in [-0.25, -0.2) is 10.8 Å². The van der Waals surface area contributed by atoms with E-state index in [1.807, 2.05) is 35.1 Å². The molecule has 0 aromatic carbocycles. The molecule has 4 heteroatoms. The zero-order valence-corrected chi connectivity index (χ0v) is 7.04. The second kappa shape index (κ2) is 3.28. The third-order valence-electron chi connectivity index (χ3n) is 1.75. The van der Waals surface area contributed by atoms with E-state index in [2.05, 4.69) is 4.98 Å². The minimum absolute atomic E-state index is 0.863. The molecule has 1 aliphatic heterocycles. The van der Waals surface area contributed by atoms with Gasteiger partial charge in [0.05, 0.1) is 0 Å². The summed E-state index contributed by atoms with van der Waals surface area (Å²) < 4.78 is 1.85. The van der Waals surface area contributed by atoms with Crippen LogP contribution in [0.15, 0.2) is 49.2 Å². The lowest BCUT2D eigenvalue weighted by molar-refractivity contribution is 0.535. The molecule has 0 atom stereocenters. The van der Waals surface area contributed by atoms with Crippen molar-refractivity contribution in [2.45, 2.75) is 0 Å². The van der Waals surface area contributed by atoms with Crippen LogP contribution < -0.4 is 5.84 Å². The molecule has 13 heavy (non-hydrogen) atoms. The first-order chi connectivity index (χ1) is 6.38. The molecular weight excluding hydrogens is 164 g/mol. The summed E-state index contributed by atoms with van der Waals surface area (Å²) in [5.74, 6) is 6.62. The highest BCUT2D eigenvalue weighted by Gasteiger charge is 2.03. The Hall–Kier alpha value is -1.81. The van der Waals surface area contributed by atoms with Gasteiger partial charge in [0.15, 0.2) is 0 Å². The SMILES string of the molecule is NN1C=CC=CC=C1n1ccnc1. The third-order valence-corrected chi connectivity index (χ3v) is 1.75. The van der Waals surface area contributed by atoms with Gasteiger partial charge in [-0.1, -0.05) is 12.2 Å². The van der Waals surface area contributed by atoms with Crippen molar-refractivity contribution < 1.29 is 0 Å². The van der Waals surface area contributed by atoms with E-state index in [0.29, 0.717) is 0 Å². The number of hydrogen-bond donors (Lipinski definition) is 1. The van der Waals surface area contributed by atoms with Crippen LogP contribution in [-0.4, -0.2) is 14.6 Å². The fourth-order valence-electron chi connectivity index (χ4n) is 1.12. The van der Waals surface area contributed by atoms with Crippen molar-refractivity contribution in [2.75, 3.05) is 0 Å². The number of rotatable bonds is 1. The maximum atomic E-state index is 5.76. The standard InChI is InChI=1S/C9H10N4/c10-13-6-3-1-2-4-9(13)12-7-5-11-8-12/h1-8H,10H2. The Morgan fingerprint density at radius 2 is 2.15 bits per heavy atom. The molecule has 0 aliphatic carbocycles. The van der Waals surface area contributed by atoms with Crippen molar-refractivity contribution in [3.05, 3.63) is 49.2 Å². The fourth-order valence-corrected chi connectivity index (χ4v) is 1.12. The van der Waals surface area contributed by atoms with Gasteiger partial charge in [0.25, 0.3) is 0 Å². The summed E-state index contributed by atoms with van der Waals surface area (Å²) in [6, 6.07) is 0. The minimum atomic E-state index is 0.863. The molecule has 2 N–H and O–H groups in total. The predicted octanol–water partition coefficient (Wildman–Crippen LogP) is 0.941. The maximum Gasteiger partial charge on any atom is 0.132 e. The van der Waals surface area contributed by atoms with Crippen LogP contribution >= 0.6 is 0 Å². The summed E-state index contributed by atoms with van der Waals surface area (Å²) in [6.45, 7) is 0. The van der Waals surface area contributed by atoms with Crippen molar-refractivity contribution >= 4 is 5.82 Å². The summed E-state index contributed by atoms with van der Waals surface area (Å²) in [7, 11) is 0. The van der Waals surface area contributed by atoms with Gasteiger partial charge in [-0.2, -0.15) is 0 Å². The van der Waals surface area contributed by atoms with E-state index < -0.39 is 0 Å². The molecule has 0 saturated heterocycles. The number of nitrogens with zero attached hydrogens (tertiary/aromatic N) is 3. The van der Waals surface area contributed by atoms with Gasteiger partial charge >= 0.3 is 0 Å². The van der Waals surface area contributed by atoms with Crippen LogP contribution in [0.1, 0.15) is 0 Å². The molecule has 1 aromatic heterocycles. The average molecular weight is 174 g/mol. The van der Waals surface area contributed by atoms with Gasteiger partial charge in [0.1, 0.15) is 12.1 Å². The first-order valence-corrected chi connectivity index (χ1v) is 3.95. The van der Waals surface area contributed by atoms with Gasteiger partial charge in [-0.15, -0.1) is 0 Å². The topological polar surface area (TPSA) is 47.1 Å². The summed E-state index contributed by atoms with van der Waals surface area (Å²) >= 11 is 0. The molecule has 1 aliphatic rings.